The van der Waals surface area contributed by atoms with Gasteiger partial charge in [-0.15, -0.1) is 12.4 Å². The van der Waals surface area contributed by atoms with Gasteiger partial charge in [-0.05, 0) is 48.9 Å². The summed E-state index contributed by atoms with van der Waals surface area (Å²) in [5.41, 5.74) is 2.86. The normalized spacial score (nSPS) is 10.4. The van der Waals surface area contributed by atoms with Crippen LogP contribution in [0.2, 0.25) is 5.02 Å². The van der Waals surface area contributed by atoms with Gasteiger partial charge in [0, 0.05) is 35.3 Å². The summed E-state index contributed by atoms with van der Waals surface area (Å²) in [7, 11) is 0. The van der Waals surface area contributed by atoms with E-state index >= 15 is 0 Å². The quantitative estimate of drug-likeness (QED) is 0.218. The van der Waals surface area contributed by atoms with Crippen molar-refractivity contribution in [1.82, 2.24) is 5.32 Å². The standard InChI is InChI=1S/C20H19BrClN3O3.ClH/c1-13-10-14(21)2-5-17(13)20-7-4-16(28-20)12-23-8-9-24-19-6-3-15(25(26)27)11-18(19)22;/h2-7,10-11,23-24H,8-9,12H2,1H3;1H. The van der Waals surface area contributed by atoms with Crippen molar-refractivity contribution in [1.29, 1.82) is 0 Å². The number of nitro benzene ring substituents is 1. The highest BCUT2D eigenvalue weighted by Gasteiger charge is 2.10. The van der Waals surface area contributed by atoms with E-state index in [9.17, 15) is 10.1 Å². The van der Waals surface area contributed by atoms with Crippen molar-refractivity contribution < 1.29 is 9.34 Å². The molecule has 2 aromatic carbocycles. The summed E-state index contributed by atoms with van der Waals surface area (Å²) in [6.45, 7) is 3.96. The topological polar surface area (TPSA) is 80.3 Å². The fourth-order valence-corrected chi connectivity index (χ4v) is 3.50. The SMILES string of the molecule is Cc1cc(Br)ccc1-c1ccc(CNCCNc2ccc([N+](=O)[O-])cc2Cl)o1.Cl. The Morgan fingerprint density at radius 2 is 1.93 bits per heavy atom. The van der Waals surface area contributed by atoms with Crippen molar-refractivity contribution in [2.24, 2.45) is 0 Å². The zero-order valence-electron chi connectivity index (χ0n) is 15.6. The molecule has 0 aliphatic heterocycles. The molecule has 0 aliphatic carbocycles. The zero-order valence-corrected chi connectivity index (χ0v) is 18.7. The van der Waals surface area contributed by atoms with E-state index in [1.165, 1.54) is 12.1 Å². The summed E-state index contributed by atoms with van der Waals surface area (Å²) in [6, 6.07) is 14.4. The molecule has 2 N–H and O–H groups in total. The minimum atomic E-state index is -0.468. The van der Waals surface area contributed by atoms with E-state index in [0.29, 0.717) is 30.3 Å². The Morgan fingerprint density at radius 1 is 1.14 bits per heavy atom. The molecule has 29 heavy (non-hydrogen) atoms. The Morgan fingerprint density at radius 3 is 2.62 bits per heavy atom. The average Bonchev–Trinajstić information content (AvgIpc) is 3.11. The van der Waals surface area contributed by atoms with Gasteiger partial charge in [0.15, 0.2) is 0 Å². The van der Waals surface area contributed by atoms with Crippen LogP contribution in [0.15, 0.2) is 57.4 Å². The maximum absolute atomic E-state index is 10.7. The molecule has 0 radical (unpaired) electrons. The van der Waals surface area contributed by atoms with Crippen LogP contribution >= 0.6 is 39.9 Å². The molecule has 0 saturated carbocycles. The van der Waals surface area contributed by atoms with Gasteiger partial charge >= 0.3 is 0 Å². The predicted octanol–water partition coefficient (Wildman–Crippen LogP) is 6.20. The Kier molecular flexibility index (Phi) is 8.52. The maximum atomic E-state index is 10.7. The third-order valence-corrected chi connectivity index (χ3v) is 5.00. The molecule has 1 aromatic heterocycles. The summed E-state index contributed by atoms with van der Waals surface area (Å²) in [6.07, 6.45) is 0. The van der Waals surface area contributed by atoms with E-state index in [0.717, 1.165) is 27.1 Å². The van der Waals surface area contributed by atoms with Crippen LogP contribution in [0.4, 0.5) is 11.4 Å². The van der Waals surface area contributed by atoms with Crippen molar-refractivity contribution in [2.45, 2.75) is 13.5 Å². The second-order valence-electron chi connectivity index (χ2n) is 6.25. The molecular formula is C20H20BrCl2N3O3. The van der Waals surface area contributed by atoms with E-state index in [-0.39, 0.29) is 18.1 Å². The molecule has 3 aromatic rings. The number of aryl methyl sites for hydroxylation is 1. The van der Waals surface area contributed by atoms with E-state index in [1.54, 1.807) is 6.07 Å². The molecule has 0 amide bonds. The molecule has 6 nitrogen and oxygen atoms in total. The maximum Gasteiger partial charge on any atom is 0.271 e. The van der Waals surface area contributed by atoms with Crippen LogP contribution in [0.1, 0.15) is 11.3 Å². The van der Waals surface area contributed by atoms with Crippen molar-refractivity contribution in [2.75, 3.05) is 18.4 Å². The van der Waals surface area contributed by atoms with E-state index in [1.807, 2.05) is 24.3 Å². The first-order valence-electron chi connectivity index (χ1n) is 8.68. The average molecular weight is 501 g/mol. The second kappa shape index (κ2) is 10.6. The molecule has 0 unspecified atom stereocenters. The van der Waals surface area contributed by atoms with Gasteiger partial charge in [-0.1, -0.05) is 27.5 Å². The molecule has 0 spiro atoms. The molecule has 1 heterocycles. The van der Waals surface area contributed by atoms with Crippen molar-refractivity contribution in [3.63, 3.8) is 0 Å². The number of non-ortho nitro benzene ring substituents is 1. The van der Waals surface area contributed by atoms with Crippen molar-refractivity contribution in [3.8, 4) is 11.3 Å². The highest BCUT2D eigenvalue weighted by molar-refractivity contribution is 9.10. The lowest BCUT2D eigenvalue weighted by molar-refractivity contribution is -0.384. The Labute approximate surface area is 188 Å². The monoisotopic (exact) mass is 499 g/mol. The summed E-state index contributed by atoms with van der Waals surface area (Å²) in [5.74, 6) is 1.70. The number of furan rings is 1. The van der Waals surface area contributed by atoms with Crippen LogP contribution in [-0.4, -0.2) is 18.0 Å². The molecule has 0 bridgehead atoms. The number of nitrogens with one attached hydrogen (secondary N) is 2. The van der Waals surface area contributed by atoms with Crippen LogP contribution in [0, 0.1) is 17.0 Å². The smallest absolute Gasteiger partial charge is 0.271 e. The van der Waals surface area contributed by atoms with Crippen LogP contribution in [-0.2, 0) is 6.54 Å². The van der Waals surface area contributed by atoms with Crippen molar-refractivity contribution in [3.05, 3.63) is 79.5 Å². The summed E-state index contributed by atoms with van der Waals surface area (Å²) in [5, 5.41) is 17.5. The molecule has 0 aliphatic rings. The van der Waals surface area contributed by atoms with Gasteiger partial charge in [-0.2, -0.15) is 0 Å². The summed E-state index contributed by atoms with van der Waals surface area (Å²) < 4.78 is 6.97. The minimum Gasteiger partial charge on any atom is -0.460 e. The third kappa shape index (κ3) is 6.21. The van der Waals surface area contributed by atoms with Crippen LogP contribution in [0.25, 0.3) is 11.3 Å². The summed E-state index contributed by atoms with van der Waals surface area (Å²) >= 11 is 9.53. The lowest BCUT2D eigenvalue weighted by Crippen LogP contribution is -2.21. The third-order valence-electron chi connectivity index (χ3n) is 4.20. The first-order chi connectivity index (χ1) is 13.4. The number of nitrogens with zero attached hydrogens (tertiary/aromatic N) is 1. The molecule has 154 valence electrons. The van der Waals surface area contributed by atoms with Gasteiger partial charge in [0.1, 0.15) is 11.5 Å². The van der Waals surface area contributed by atoms with Crippen LogP contribution < -0.4 is 10.6 Å². The first kappa shape index (κ1) is 23.2. The van der Waals surface area contributed by atoms with Gasteiger partial charge in [-0.25, -0.2) is 0 Å². The second-order valence-corrected chi connectivity index (χ2v) is 7.57. The number of benzene rings is 2. The van der Waals surface area contributed by atoms with E-state index < -0.39 is 4.92 Å². The van der Waals surface area contributed by atoms with Crippen LogP contribution in [0.3, 0.4) is 0 Å². The Bertz CT molecular complexity index is 995. The Balaban J connectivity index is 0.00000300. The van der Waals surface area contributed by atoms with Gasteiger partial charge in [0.2, 0.25) is 0 Å². The number of nitro groups is 1. The number of anilines is 1. The molecule has 9 heteroatoms. The lowest BCUT2D eigenvalue weighted by atomic mass is 10.1. The highest BCUT2D eigenvalue weighted by atomic mass is 79.9. The van der Waals surface area contributed by atoms with E-state index in [2.05, 4.69) is 39.6 Å². The molecule has 0 saturated heterocycles. The van der Waals surface area contributed by atoms with Crippen LogP contribution in [0.5, 0.6) is 0 Å². The number of hydrogen-bond donors (Lipinski definition) is 2. The van der Waals surface area contributed by atoms with Gasteiger partial charge < -0.3 is 15.1 Å². The van der Waals surface area contributed by atoms with Gasteiger partial charge in [0.25, 0.3) is 5.69 Å². The zero-order chi connectivity index (χ0) is 20.1. The minimum absolute atomic E-state index is 0. The van der Waals surface area contributed by atoms with Gasteiger partial charge in [0.05, 0.1) is 22.2 Å². The molecule has 0 fully saturated rings. The molecule has 3 rings (SSSR count). The van der Waals surface area contributed by atoms with Crippen molar-refractivity contribution >= 4 is 51.3 Å². The van der Waals surface area contributed by atoms with E-state index in [4.69, 9.17) is 16.0 Å². The molecule has 0 atom stereocenters. The fourth-order valence-electron chi connectivity index (χ4n) is 2.78. The first-order valence-corrected chi connectivity index (χ1v) is 9.85. The Hall–Kier alpha value is -2.06. The predicted molar refractivity (Wildman–Crippen MR) is 122 cm³/mol. The number of hydrogen-bond acceptors (Lipinski definition) is 5. The number of halogens is 3. The largest absolute Gasteiger partial charge is 0.460 e. The lowest BCUT2D eigenvalue weighted by Gasteiger charge is -2.08. The molecular weight excluding hydrogens is 481 g/mol. The highest BCUT2D eigenvalue weighted by Crippen LogP contribution is 2.28. The van der Waals surface area contributed by atoms with Gasteiger partial charge in [-0.3, -0.25) is 10.1 Å². The summed E-state index contributed by atoms with van der Waals surface area (Å²) in [4.78, 5) is 10.3. The number of rotatable bonds is 8. The fraction of sp³-hybridized carbons (Fsp3) is 0.200.